The zero-order valence-corrected chi connectivity index (χ0v) is 7.82. The number of likely N-dealkylation sites (tertiary alicyclic amines) is 1. The van der Waals surface area contributed by atoms with Crippen LogP contribution >= 0.6 is 0 Å². The zero-order valence-electron chi connectivity index (χ0n) is 7.82. The average molecular weight is 187 g/mol. The normalized spacial score (nSPS) is 32.5. The largest absolute Gasteiger partial charge is 0.392 e. The van der Waals surface area contributed by atoms with Gasteiger partial charge < -0.3 is 14.6 Å². The molecule has 0 bridgehead atoms. The van der Waals surface area contributed by atoms with Gasteiger partial charge in [0.25, 0.3) is 0 Å². The Balaban J connectivity index is 1.73. The summed E-state index contributed by atoms with van der Waals surface area (Å²) in [5, 5.41) is 9.43. The van der Waals surface area contributed by atoms with Gasteiger partial charge in [-0.05, 0) is 19.4 Å². The summed E-state index contributed by atoms with van der Waals surface area (Å²) < 4.78 is 10.7. The van der Waals surface area contributed by atoms with Crippen LogP contribution < -0.4 is 0 Å². The lowest BCUT2D eigenvalue weighted by molar-refractivity contribution is -0.0719. The predicted octanol–water partition coefficient (Wildman–Crippen LogP) is -0.184. The van der Waals surface area contributed by atoms with Crippen LogP contribution in [-0.4, -0.2) is 55.2 Å². The maximum absolute atomic E-state index is 9.43. The Labute approximate surface area is 78.4 Å². The molecular formula is C9H17NO3. The Kier molecular flexibility index (Phi) is 3.16. The first-order chi connectivity index (χ1) is 6.34. The van der Waals surface area contributed by atoms with Gasteiger partial charge in [-0.25, -0.2) is 0 Å². The van der Waals surface area contributed by atoms with Crippen LogP contribution in [0.2, 0.25) is 0 Å². The molecule has 4 nitrogen and oxygen atoms in total. The van der Waals surface area contributed by atoms with Gasteiger partial charge in [0.1, 0.15) is 0 Å². The van der Waals surface area contributed by atoms with Crippen LogP contribution in [0.1, 0.15) is 12.8 Å². The van der Waals surface area contributed by atoms with Crippen molar-refractivity contribution >= 4 is 0 Å². The molecule has 0 amide bonds. The SMILES string of the molecule is O[C@H]1CCCN(CC2OCCO2)C1. The third-order valence-corrected chi connectivity index (χ3v) is 2.58. The summed E-state index contributed by atoms with van der Waals surface area (Å²) in [6, 6.07) is 0. The van der Waals surface area contributed by atoms with Gasteiger partial charge in [0.15, 0.2) is 6.29 Å². The van der Waals surface area contributed by atoms with Gasteiger partial charge in [0, 0.05) is 13.1 Å². The number of hydrogen-bond acceptors (Lipinski definition) is 4. The summed E-state index contributed by atoms with van der Waals surface area (Å²) in [5.74, 6) is 0. The van der Waals surface area contributed by atoms with E-state index in [1.807, 2.05) is 0 Å². The third-order valence-electron chi connectivity index (χ3n) is 2.58. The van der Waals surface area contributed by atoms with Gasteiger partial charge in [0.05, 0.1) is 19.3 Å². The number of rotatable bonds is 2. The molecule has 0 saturated carbocycles. The number of aliphatic hydroxyl groups is 1. The topological polar surface area (TPSA) is 41.9 Å². The van der Waals surface area contributed by atoms with E-state index in [1.165, 1.54) is 0 Å². The van der Waals surface area contributed by atoms with E-state index >= 15 is 0 Å². The molecule has 0 radical (unpaired) electrons. The van der Waals surface area contributed by atoms with Crippen LogP contribution in [-0.2, 0) is 9.47 Å². The summed E-state index contributed by atoms with van der Waals surface area (Å²) >= 11 is 0. The lowest BCUT2D eigenvalue weighted by Crippen LogP contribution is -2.42. The van der Waals surface area contributed by atoms with E-state index in [4.69, 9.17) is 9.47 Å². The maximum atomic E-state index is 9.43. The second-order valence-corrected chi connectivity index (χ2v) is 3.73. The van der Waals surface area contributed by atoms with Crippen molar-refractivity contribution < 1.29 is 14.6 Å². The number of piperidine rings is 1. The summed E-state index contributed by atoms with van der Waals surface area (Å²) in [6.45, 7) is 4.04. The highest BCUT2D eigenvalue weighted by atomic mass is 16.7. The molecule has 2 fully saturated rings. The lowest BCUT2D eigenvalue weighted by Gasteiger charge is -2.31. The number of aliphatic hydroxyl groups excluding tert-OH is 1. The van der Waals surface area contributed by atoms with Gasteiger partial charge in [-0.15, -0.1) is 0 Å². The molecule has 13 heavy (non-hydrogen) atoms. The summed E-state index contributed by atoms with van der Waals surface area (Å²) in [6.07, 6.45) is 1.79. The molecule has 76 valence electrons. The summed E-state index contributed by atoms with van der Waals surface area (Å²) in [7, 11) is 0. The average Bonchev–Trinajstić information content (AvgIpc) is 2.57. The van der Waals surface area contributed by atoms with E-state index in [2.05, 4.69) is 4.90 Å². The summed E-state index contributed by atoms with van der Waals surface area (Å²) in [4.78, 5) is 2.21. The molecule has 4 heteroatoms. The van der Waals surface area contributed by atoms with E-state index in [0.717, 1.165) is 32.5 Å². The van der Waals surface area contributed by atoms with Gasteiger partial charge in [0.2, 0.25) is 0 Å². The second-order valence-electron chi connectivity index (χ2n) is 3.73. The van der Waals surface area contributed by atoms with E-state index in [0.29, 0.717) is 13.2 Å². The molecule has 0 aromatic carbocycles. The van der Waals surface area contributed by atoms with Crippen molar-refractivity contribution in [2.75, 3.05) is 32.8 Å². The molecule has 2 saturated heterocycles. The van der Waals surface area contributed by atoms with Crippen molar-refractivity contribution in [2.24, 2.45) is 0 Å². The van der Waals surface area contributed by atoms with Gasteiger partial charge in [-0.2, -0.15) is 0 Å². The fourth-order valence-corrected chi connectivity index (χ4v) is 1.92. The van der Waals surface area contributed by atoms with Gasteiger partial charge >= 0.3 is 0 Å². The maximum Gasteiger partial charge on any atom is 0.170 e. The lowest BCUT2D eigenvalue weighted by atomic mass is 10.1. The van der Waals surface area contributed by atoms with Crippen molar-refractivity contribution in [3.05, 3.63) is 0 Å². The molecule has 2 heterocycles. The second kappa shape index (κ2) is 4.37. The van der Waals surface area contributed by atoms with E-state index in [9.17, 15) is 5.11 Å². The Morgan fingerprint density at radius 1 is 1.31 bits per heavy atom. The Bertz CT molecular complexity index is 159. The number of ether oxygens (including phenoxy) is 2. The molecule has 0 spiro atoms. The highest BCUT2D eigenvalue weighted by Gasteiger charge is 2.23. The summed E-state index contributed by atoms with van der Waals surface area (Å²) in [5.41, 5.74) is 0. The third kappa shape index (κ3) is 2.64. The molecule has 2 aliphatic rings. The van der Waals surface area contributed by atoms with Crippen LogP contribution in [0.25, 0.3) is 0 Å². The molecule has 0 unspecified atom stereocenters. The van der Waals surface area contributed by atoms with Gasteiger partial charge in [-0.3, -0.25) is 4.90 Å². The van der Waals surface area contributed by atoms with Crippen molar-refractivity contribution in [3.8, 4) is 0 Å². The molecule has 0 aromatic rings. The van der Waals surface area contributed by atoms with Crippen molar-refractivity contribution in [2.45, 2.75) is 25.2 Å². The van der Waals surface area contributed by atoms with E-state index < -0.39 is 0 Å². The van der Waals surface area contributed by atoms with Crippen LogP contribution in [0.4, 0.5) is 0 Å². The Morgan fingerprint density at radius 3 is 2.77 bits per heavy atom. The number of nitrogens with zero attached hydrogens (tertiary/aromatic N) is 1. The first-order valence-corrected chi connectivity index (χ1v) is 4.98. The minimum atomic E-state index is -0.157. The number of hydrogen-bond donors (Lipinski definition) is 1. The smallest absolute Gasteiger partial charge is 0.170 e. The van der Waals surface area contributed by atoms with Crippen molar-refractivity contribution in [1.82, 2.24) is 4.90 Å². The zero-order chi connectivity index (χ0) is 9.10. The molecule has 1 atom stereocenters. The predicted molar refractivity (Wildman–Crippen MR) is 47.4 cm³/mol. The molecule has 0 aromatic heterocycles. The van der Waals surface area contributed by atoms with Crippen LogP contribution in [0, 0.1) is 0 Å². The van der Waals surface area contributed by atoms with E-state index in [1.54, 1.807) is 0 Å². The molecule has 2 rings (SSSR count). The van der Waals surface area contributed by atoms with Crippen molar-refractivity contribution in [1.29, 1.82) is 0 Å². The highest BCUT2D eigenvalue weighted by molar-refractivity contribution is 4.73. The van der Waals surface area contributed by atoms with Crippen LogP contribution in [0.5, 0.6) is 0 Å². The first kappa shape index (κ1) is 9.40. The molecule has 2 aliphatic heterocycles. The Morgan fingerprint density at radius 2 is 2.08 bits per heavy atom. The standard InChI is InChI=1S/C9H17NO3/c11-8-2-1-3-10(6-8)7-9-12-4-5-13-9/h8-9,11H,1-7H2/t8-/m0/s1. The van der Waals surface area contributed by atoms with Crippen LogP contribution in [0.15, 0.2) is 0 Å². The molecular weight excluding hydrogens is 170 g/mol. The van der Waals surface area contributed by atoms with Crippen LogP contribution in [0.3, 0.4) is 0 Å². The monoisotopic (exact) mass is 187 g/mol. The Hall–Kier alpha value is -0.160. The fraction of sp³-hybridized carbons (Fsp3) is 1.00. The van der Waals surface area contributed by atoms with Gasteiger partial charge in [-0.1, -0.05) is 0 Å². The minimum absolute atomic E-state index is 0.0645. The molecule has 1 N–H and O–H groups in total. The first-order valence-electron chi connectivity index (χ1n) is 4.98. The fourth-order valence-electron chi connectivity index (χ4n) is 1.92. The quantitative estimate of drug-likeness (QED) is 0.651. The number of β-amino-alcohol motifs (C(OH)–C–C–N with tert-alkyl or cyclic N) is 1. The molecule has 0 aliphatic carbocycles. The highest BCUT2D eigenvalue weighted by Crippen LogP contribution is 2.12. The van der Waals surface area contributed by atoms with E-state index in [-0.39, 0.29) is 12.4 Å². The van der Waals surface area contributed by atoms with Crippen molar-refractivity contribution in [3.63, 3.8) is 0 Å². The minimum Gasteiger partial charge on any atom is -0.392 e.